The van der Waals surface area contributed by atoms with Crippen molar-refractivity contribution in [3.05, 3.63) is 108 Å². The molecule has 142 valence electrons. The molecule has 0 amide bonds. The number of furan rings is 1. The quantitative estimate of drug-likeness (QED) is 0.281. The maximum absolute atomic E-state index is 6.61. The first kappa shape index (κ1) is 17.3. The molecule has 0 N–H and O–H groups in total. The average Bonchev–Trinajstić information content (AvgIpc) is 3.20. The van der Waals surface area contributed by atoms with Gasteiger partial charge in [0.15, 0.2) is 0 Å². The molecular weight excluding hydrogens is 388 g/mol. The predicted molar refractivity (Wildman–Crippen MR) is 127 cm³/mol. The van der Waals surface area contributed by atoms with Crippen molar-refractivity contribution in [3.8, 4) is 22.3 Å². The van der Waals surface area contributed by atoms with E-state index in [1.54, 1.807) is 0 Å². The zero-order valence-corrected chi connectivity index (χ0v) is 16.9. The first-order valence-electron chi connectivity index (χ1n) is 9.98. The lowest BCUT2D eigenvalue weighted by Crippen LogP contribution is -1.84. The predicted octanol–water partition coefficient (Wildman–Crippen LogP) is 8.73. The molecule has 1 heterocycles. The van der Waals surface area contributed by atoms with Gasteiger partial charge in [-0.3, -0.25) is 0 Å². The highest BCUT2D eigenvalue weighted by Crippen LogP contribution is 2.43. The molecule has 0 bridgehead atoms. The Hall–Kier alpha value is -3.55. The molecule has 1 aromatic heterocycles. The van der Waals surface area contributed by atoms with Crippen molar-refractivity contribution in [1.29, 1.82) is 0 Å². The van der Waals surface area contributed by atoms with Crippen molar-refractivity contribution in [2.45, 2.75) is 0 Å². The first-order chi connectivity index (χ1) is 14.8. The van der Waals surface area contributed by atoms with Crippen molar-refractivity contribution in [1.82, 2.24) is 0 Å². The Kier molecular flexibility index (Phi) is 3.90. The third kappa shape index (κ3) is 2.63. The van der Waals surface area contributed by atoms with Gasteiger partial charge in [-0.05, 0) is 46.3 Å². The van der Waals surface area contributed by atoms with Gasteiger partial charge in [-0.2, -0.15) is 0 Å². The molecule has 0 saturated carbocycles. The highest BCUT2D eigenvalue weighted by Gasteiger charge is 2.18. The van der Waals surface area contributed by atoms with Crippen LogP contribution in [0.3, 0.4) is 0 Å². The fraction of sp³-hybridized carbons (Fsp3) is 0. The second-order valence-corrected chi connectivity index (χ2v) is 7.94. The van der Waals surface area contributed by atoms with Crippen LogP contribution in [0, 0.1) is 0 Å². The normalized spacial score (nSPS) is 11.5. The summed E-state index contributed by atoms with van der Waals surface area (Å²) in [6.45, 7) is 0. The van der Waals surface area contributed by atoms with E-state index >= 15 is 0 Å². The summed E-state index contributed by atoms with van der Waals surface area (Å²) in [6.07, 6.45) is 0. The standard InChI is InChI=1S/C28H17ClO/c29-21-13-10-20(11-14-21)22-16-17-24(18-6-2-1-3-7-18)28-26(22)25-15-12-19-8-4-5-9-23(19)27(25)30-28/h1-17H. The molecule has 0 radical (unpaired) electrons. The van der Waals surface area contributed by atoms with Gasteiger partial charge in [-0.1, -0.05) is 90.5 Å². The van der Waals surface area contributed by atoms with Gasteiger partial charge in [-0.25, -0.2) is 0 Å². The number of benzene rings is 5. The van der Waals surface area contributed by atoms with Crippen molar-refractivity contribution in [2.24, 2.45) is 0 Å². The van der Waals surface area contributed by atoms with Crippen LogP contribution in [0.15, 0.2) is 108 Å². The Morgan fingerprint density at radius 1 is 0.500 bits per heavy atom. The molecule has 0 saturated heterocycles. The van der Waals surface area contributed by atoms with Crippen LogP contribution >= 0.6 is 11.6 Å². The van der Waals surface area contributed by atoms with Gasteiger partial charge in [0.1, 0.15) is 11.2 Å². The molecule has 1 nitrogen and oxygen atoms in total. The molecule has 30 heavy (non-hydrogen) atoms. The van der Waals surface area contributed by atoms with Crippen LogP contribution in [0.1, 0.15) is 0 Å². The number of hydrogen-bond donors (Lipinski definition) is 0. The van der Waals surface area contributed by atoms with Crippen LogP contribution in [0.4, 0.5) is 0 Å². The van der Waals surface area contributed by atoms with Gasteiger partial charge in [0.05, 0.1) is 0 Å². The van der Waals surface area contributed by atoms with E-state index in [-0.39, 0.29) is 0 Å². The van der Waals surface area contributed by atoms with Crippen LogP contribution in [0.5, 0.6) is 0 Å². The first-order valence-corrected chi connectivity index (χ1v) is 10.4. The fourth-order valence-corrected chi connectivity index (χ4v) is 4.45. The molecule has 6 aromatic rings. The molecular formula is C28H17ClO. The van der Waals surface area contributed by atoms with Crippen molar-refractivity contribution >= 4 is 44.3 Å². The molecule has 0 atom stereocenters. The average molecular weight is 405 g/mol. The van der Waals surface area contributed by atoms with Crippen molar-refractivity contribution < 1.29 is 4.42 Å². The topological polar surface area (TPSA) is 13.1 Å². The number of fused-ring (bicyclic) bond motifs is 5. The summed E-state index contributed by atoms with van der Waals surface area (Å²) in [5, 5.41) is 5.32. The van der Waals surface area contributed by atoms with Gasteiger partial charge < -0.3 is 4.42 Å². The van der Waals surface area contributed by atoms with Crippen molar-refractivity contribution in [3.63, 3.8) is 0 Å². The van der Waals surface area contributed by atoms with E-state index < -0.39 is 0 Å². The van der Waals surface area contributed by atoms with Gasteiger partial charge in [-0.15, -0.1) is 0 Å². The lowest BCUT2D eigenvalue weighted by Gasteiger charge is -2.08. The smallest absolute Gasteiger partial charge is 0.143 e. The summed E-state index contributed by atoms with van der Waals surface area (Å²) in [7, 11) is 0. The molecule has 0 aliphatic rings. The Labute approximate surface area is 179 Å². The molecule has 5 aromatic carbocycles. The van der Waals surface area contributed by atoms with E-state index in [0.29, 0.717) is 0 Å². The highest BCUT2D eigenvalue weighted by atomic mass is 35.5. The number of rotatable bonds is 2. The maximum atomic E-state index is 6.61. The lowest BCUT2D eigenvalue weighted by atomic mass is 9.94. The second kappa shape index (κ2) is 6.76. The minimum Gasteiger partial charge on any atom is -0.455 e. The SMILES string of the molecule is Clc1ccc(-c2ccc(-c3ccccc3)c3oc4c5ccccc5ccc4c23)cc1. The summed E-state index contributed by atoms with van der Waals surface area (Å²) in [5.41, 5.74) is 6.37. The van der Waals surface area contributed by atoms with E-state index in [9.17, 15) is 0 Å². The molecule has 0 spiro atoms. The zero-order valence-electron chi connectivity index (χ0n) is 16.1. The number of hydrogen-bond acceptors (Lipinski definition) is 1. The summed E-state index contributed by atoms with van der Waals surface area (Å²) >= 11 is 6.14. The molecule has 2 heteroatoms. The summed E-state index contributed by atoms with van der Waals surface area (Å²) < 4.78 is 6.61. The highest BCUT2D eigenvalue weighted by molar-refractivity contribution is 6.30. The van der Waals surface area contributed by atoms with Gasteiger partial charge in [0, 0.05) is 26.7 Å². The van der Waals surface area contributed by atoms with Crippen LogP contribution in [-0.4, -0.2) is 0 Å². The summed E-state index contributed by atoms with van der Waals surface area (Å²) in [4.78, 5) is 0. The maximum Gasteiger partial charge on any atom is 0.143 e. The fourth-order valence-electron chi connectivity index (χ4n) is 4.32. The van der Waals surface area contributed by atoms with Crippen LogP contribution in [-0.2, 0) is 0 Å². The van der Waals surface area contributed by atoms with Crippen LogP contribution in [0.25, 0.3) is 55.0 Å². The van der Waals surface area contributed by atoms with E-state index in [4.69, 9.17) is 16.0 Å². The third-order valence-corrected chi connectivity index (χ3v) is 6.00. The lowest BCUT2D eigenvalue weighted by molar-refractivity contribution is 0.674. The minimum absolute atomic E-state index is 0.735. The molecule has 0 fully saturated rings. The Bertz CT molecular complexity index is 1530. The zero-order chi connectivity index (χ0) is 20.1. The Balaban J connectivity index is 1.78. The number of halogens is 1. The largest absolute Gasteiger partial charge is 0.455 e. The van der Waals surface area contributed by atoms with Gasteiger partial charge in [0.25, 0.3) is 0 Å². The third-order valence-electron chi connectivity index (χ3n) is 5.75. The van der Waals surface area contributed by atoms with E-state index in [2.05, 4.69) is 84.9 Å². The molecule has 6 rings (SSSR count). The van der Waals surface area contributed by atoms with E-state index in [1.165, 1.54) is 5.39 Å². The Morgan fingerprint density at radius 2 is 1.20 bits per heavy atom. The van der Waals surface area contributed by atoms with Gasteiger partial charge >= 0.3 is 0 Å². The van der Waals surface area contributed by atoms with E-state index in [1.807, 2.05) is 18.2 Å². The second-order valence-electron chi connectivity index (χ2n) is 7.50. The Morgan fingerprint density at radius 3 is 2.03 bits per heavy atom. The summed E-state index contributed by atoms with van der Waals surface area (Å²) in [6, 6.07) is 35.5. The van der Waals surface area contributed by atoms with Crippen LogP contribution in [0.2, 0.25) is 5.02 Å². The van der Waals surface area contributed by atoms with E-state index in [0.717, 1.165) is 54.6 Å². The molecule has 0 unspecified atom stereocenters. The summed E-state index contributed by atoms with van der Waals surface area (Å²) in [5.74, 6) is 0. The van der Waals surface area contributed by atoms with Crippen LogP contribution < -0.4 is 0 Å². The minimum atomic E-state index is 0.735. The molecule has 0 aliphatic carbocycles. The van der Waals surface area contributed by atoms with Crippen molar-refractivity contribution in [2.75, 3.05) is 0 Å². The van der Waals surface area contributed by atoms with Gasteiger partial charge in [0.2, 0.25) is 0 Å². The molecule has 0 aliphatic heterocycles. The monoisotopic (exact) mass is 404 g/mol.